The van der Waals surface area contributed by atoms with Gasteiger partial charge in [0.15, 0.2) is 0 Å². The van der Waals surface area contributed by atoms with Crippen LogP contribution in [-0.2, 0) is 36.1 Å². The molecule has 0 fully saturated rings. The first kappa shape index (κ1) is 23.7. The molecule has 4 rings (SSSR count). The number of nitrogens with one attached hydrogen (secondary N) is 2. The van der Waals surface area contributed by atoms with Gasteiger partial charge >= 0.3 is 0 Å². The van der Waals surface area contributed by atoms with Crippen molar-refractivity contribution in [3.8, 4) is 0 Å². The Kier molecular flexibility index (Phi) is 7.75. The summed E-state index contributed by atoms with van der Waals surface area (Å²) in [7, 11) is -3.93. The Labute approximate surface area is 201 Å². The van der Waals surface area contributed by atoms with Gasteiger partial charge in [0.1, 0.15) is 0 Å². The molecule has 34 heavy (non-hydrogen) atoms. The van der Waals surface area contributed by atoms with E-state index in [0.717, 1.165) is 27.9 Å². The minimum Gasteiger partial charge on any atom is -0.381 e. The van der Waals surface area contributed by atoms with Gasteiger partial charge in [-0.15, -0.1) is 0 Å². The fourth-order valence-corrected chi connectivity index (χ4v) is 4.78. The van der Waals surface area contributed by atoms with Gasteiger partial charge in [0, 0.05) is 31.7 Å². The summed E-state index contributed by atoms with van der Waals surface area (Å²) in [6.07, 6.45) is 0.460. The van der Waals surface area contributed by atoms with E-state index in [0.29, 0.717) is 31.6 Å². The van der Waals surface area contributed by atoms with Crippen LogP contribution in [0.4, 0.5) is 5.69 Å². The van der Waals surface area contributed by atoms with Crippen LogP contribution in [0.2, 0.25) is 0 Å². The van der Waals surface area contributed by atoms with E-state index < -0.39 is 10.0 Å². The minimum atomic E-state index is -3.93. The first-order valence-corrected chi connectivity index (χ1v) is 12.8. The second-order valence-electron chi connectivity index (χ2n) is 8.26. The Morgan fingerprint density at radius 2 is 1.12 bits per heavy atom. The van der Waals surface area contributed by atoms with Crippen molar-refractivity contribution in [3.63, 3.8) is 0 Å². The number of nitrogens with two attached hydrogens (primary N) is 1. The predicted molar refractivity (Wildman–Crippen MR) is 138 cm³/mol. The van der Waals surface area contributed by atoms with Crippen LogP contribution in [0.15, 0.2) is 108 Å². The third-order valence-electron chi connectivity index (χ3n) is 5.63. The largest absolute Gasteiger partial charge is 0.381 e. The fraction of sp³-hybridized carbons (Fsp3) is 0.143. The molecular formula is C28H29N3O2S. The molecule has 0 aliphatic rings. The van der Waals surface area contributed by atoms with Gasteiger partial charge < -0.3 is 10.6 Å². The highest BCUT2D eigenvalue weighted by molar-refractivity contribution is 7.89. The summed E-state index contributed by atoms with van der Waals surface area (Å²) >= 11 is 0. The average Bonchev–Trinajstić information content (AvgIpc) is 2.85. The molecule has 4 aromatic rings. The molecule has 0 aliphatic heterocycles. The summed E-state index contributed by atoms with van der Waals surface area (Å²) in [5.41, 5.74) is 5.60. The molecule has 174 valence electrons. The van der Waals surface area contributed by atoms with Gasteiger partial charge in [-0.1, -0.05) is 91.0 Å². The number of sulfonamides is 1. The Morgan fingerprint density at radius 1 is 0.618 bits per heavy atom. The zero-order chi connectivity index (χ0) is 23.8. The van der Waals surface area contributed by atoms with Crippen LogP contribution >= 0.6 is 0 Å². The molecule has 0 atom stereocenters. The van der Waals surface area contributed by atoms with Crippen molar-refractivity contribution in [2.45, 2.75) is 31.0 Å². The Bertz CT molecular complexity index is 1310. The SMILES string of the molecule is NS(=O)(=O)c1cc(CNCc2ccccc2)cc(NCc2ccccc2)c1Cc1ccccc1. The number of anilines is 1. The molecule has 5 nitrogen and oxygen atoms in total. The van der Waals surface area contributed by atoms with Gasteiger partial charge in [0.05, 0.1) is 4.90 Å². The monoisotopic (exact) mass is 471 g/mol. The van der Waals surface area contributed by atoms with Crippen LogP contribution < -0.4 is 15.8 Å². The maximum atomic E-state index is 12.6. The van der Waals surface area contributed by atoms with E-state index >= 15 is 0 Å². The van der Waals surface area contributed by atoms with Crippen LogP contribution in [0.3, 0.4) is 0 Å². The number of primary sulfonamides is 1. The van der Waals surface area contributed by atoms with Crippen molar-refractivity contribution in [1.29, 1.82) is 0 Å². The summed E-state index contributed by atoms with van der Waals surface area (Å²) in [4.78, 5) is 0.158. The van der Waals surface area contributed by atoms with Gasteiger partial charge in [-0.3, -0.25) is 0 Å². The molecule has 0 unspecified atom stereocenters. The number of hydrogen-bond acceptors (Lipinski definition) is 4. The molecule has 4 N–H and O–H groups in total. The highest BCUT2D eigenvalue weighted by atomic mass is 32.2. The maximum Gasteiger partial charge on any atom is 0.238 e. The Hall–Kier alpha value is -3.45. The van der Waals surface area contributed by atoms with Crippen molar-refractivity contribution in [2.24, 2.45) is 5.14 Å². The molecule has 0 saturated heterocycles. The summed E-state index contributed by atoms with van der Waals surface area (Å²) < 4.78 is 25.3. The van der Waals surface area contributed by atoms with Crippen molar-refractivity contribution < 1.29 is 8.42 Å². The lowest BCUT2D eigenvalue weighted by Gasteiger charge is -2.18. The van der Waals surface area contributed by atoms with Crippen LogP contribution in [0.1, 0.15) is 27.8 Å². The van der Waals surface area contributed by atoms with Crippen LogP contribution in [0.5, 0.6) is 0 Å². The second-order valence-corrected chi connectivity index (χ2v) is 9.79. The fourth-order valence-electron chi connectivity index (χ4n) is 3.94. The normalized spacial score (nSPS) is 11.3. The van der Waals surface area contributed by atoms with Crippen molar-refractivity contribution >= 4 is 15.7 Å². The topological polar surface area (TPSA) is 84.2 Å². The van der Waals surface area contributed by atoms with E-state index in [1.54, 1.807) is 6.07 Å². The van der Waals surface area contributed by atoms with Gasteiger partial charge in [0.25, 0.3) is 0 Å². The van der Waals surface area contributed by atoms with Gasteiger partial charge in [-0.05, 0) is 39.9 Å². The lowest BCUT2D eigenvalue weighted by molar-refractivity contribution is 0.596. The zero-order valence-corrected chi connectivity index (χ0v) is 19.8. The molecule has 0 aromatic heterocycles. The lowest BCUT2D eigenvalue weighted by Crippen LogP contribution is -2.19. The van der Waals surface area contributed by atoms with Crippen molar-refractivity contribution in [2.75, 3.05) is 5.32 Å². The smallest absolute Gasteiger partial charge is 0.238 e. The average molecular weight is 472 g/mol. The summed E-state index contributed by atoms with van der Waals surface area (Å²) in [5, 5.41) is 12.6. The third kappa shape index (κ3) is 6.54. The lowest BCUT2D eigenvalue weighted by atomic mass is 10.0. The molecule has 0 aliphatic carbocycles. The summed E-state index contributed by atoms with van der Waals surface area (Å²) in [5.74, 6) is 0. The summed E-state index contributed by atoms with van der Waals surface area (Å²) in [6.45, 7) is 1.78. The van der Waals surface area contributed by atoms with Gasteiger partial charge in [-0.2, -0.15) is 0 Å². The molecule has 4 aromatic carbocycles. The first-order chi connectivity index (χ1) is 16.5. The molecular weight excluding hydrogens is 442 g/mol. The van der Waals surface area contributed by atoms with E-state index in [1.165, 1.54) is 0 Å². The van der Waals surface area contributed by atoms with Crippen molar-refractivity contribution in [1.82, 2.24) is 5.32 Å². The molecule has 0 spiro atoms. The van der Waals surface area contributed by atoms with E-state index in [4.69, 9.17) is 5.14 Å². The van der Waals surface area contributed by atoms with E-state index in [1.807, 2.05) is 84.9 Å². The molecule has 6 heteroatoms. The quantitative estimate of drug-likeness (QED) is 0.309. The van der Waals surface area contributed by atoms with Crippen molar-refractivity contribution in [3.05, 3.63) is 131 Å². The van der Waals surface area contributed by atoms with Gasteiger partial charge in [0.2, 0.25) is 10.0 Å². The number of benzene rings is 4. The molecule has 0 bridgehead atoms. The third-order valence-corrected chi connectivity index (χ3v) is 6.60. The predicted octanol–water partition coefficient (Wildman–Crippen LogP) is 4.83. The second kappa shape index (κ2) is 11.1. The standard InChI is InChI=1S/C28H29N3O2S/c29-34(32,33)28-18-25(20-30-19-23-12-6-2-7-13-23)17-27(31-21-24-14-8-3-9-15-24)26(28)16-22-10-4-1-5-11-22/h1-15,17-18,30-31H,16,19-21H2,(H2,29,32,33). The highest BCUT2D eigenvalue weighted by Gasteiger charge is 2.20. The van der Waals surface area contributed by atoms with Crippen LogP contribution in [0, 0.1) is 0 Å². The summed E-state index contributed by atoms with van der Waals surface area (Å²) in [6, 6.07) is 33.7. The molecule has 0 radical (unpaired) electrons. The van der Waals surface area contributed by atoms with E-state index in [9.17, 15) is 8.42 Å². The molecule has 0 amide bonds. The van der Waals surface area contributed by atoms with Gasteiger partial charge in [-0.25, -0.2) is 13.6 Å². The number of hydrogen-bond donors (Lipinski definition) is 3. The Balaban J connectivity index is 1.66. The Morgan fingerprint density at radius 3 is 1.68 bits per heavy atom. The molecule has 0 saturated carbocycles. The molecule has 0 heterocycles. The maximum absolute atomic E-state index is 12.6. The van der Waals surface area contributed by atoms with E-state index in [2.05, 4.69) is 22.8 Å². The zero-order valence-electron chi connectivity index (χ0n) is 18.9. The van der Waals surface area contributed by atoms with Crippen LogP contribution in [-0.4, -0.2) is 8.42 Å². The minimum absolute atomic E-state index is 0.158. The highest BCUT2D eigenvalue weighted by Crippen LogP contribution is 2.29. The number of rotatable bonds is 10. The van der Waals surface area contributed by atoms with Crippen LogP contribution in [0.25, 0.3) is 0 Å². The first-order valence-electron chi connectivity index (χ1n) is 11.2. The van der Waals surface area contributed by atoms with E-state index in [-0.39, 0.29) is 4.90 Å².